The molecule has 2 rings (SSSR count). The van der Waals surface area contributed by atoms with Crippen molar-refractivity contribution in [3.8, 4) is 0 Å². The Balaban J connectivity index is 2.07. The highest BCUT2D eigenvalue weighted by Gasteiger charge is 2.36. The third-order valence-corrected chi connectivity index (χ3v) is 7.19. The fourth-order valence-electron chi connectivity index (χ4n) is 2.84. The lowest BCUT2D eigenvalue weighted by atomic mass is 9.75. The summed E-state index contributed by atoms with van der Waals surface area (Å²) < 4.78 is 11.7. The van der Waals surface area contributed by atoms with Gasteiger partial charge in [-0.25, -0.2) is 0 Å². The lowest BCUT2D eigenvalue weighted by molar-refractivity contribution is -0.0893. The van der Waals surface area contributed by atoms with Gasteiger partial charge in [0.15, 0.2) is 0 Å². The van der Waals surface area contributed by atoms with E-state index in [-0.39, 0.29) is 5.41 Å². The molecule has 0 spiro atoms. The lowest BCUT2D eigenvalue weighted by Gasteiger charge is -2.37. The molecule has 0 heterocycles. The molecule has 0 aliphatic carbocycles. The first kappa shape index (κ1) is 27.7. The molecule has 2 N–H and O–H groups in total. The molecule has 4 nitrogen and oxygen atoms in total. The van der Waals surface area contributed by atoms with Crippen molar-refractivity contribution in [1.82, 2.24) is 0 Å². The molecular formula is C27H40B2O4. The molecule has 0 aromatic heterocycles. The fraction of sp³-hybridized carbons (Fsp3) is 0.556. The van der Waals surface area contributed by atoms with E-state index in [1.165, 1.54) is 11.1 Å². The highest BCUT2D eigenvalue weighted by molar-refractivity contribution is 6.47. The maximum atomic E-state index is 10.3. The van der Waals surface area contributed by atoms with Gasteiger partial charge in [-0.1, -0.05) is 73.3 Å². The first-order valence-corrected chi connectivity index (χ1v) is 11.5. The minimum Gasteiger partial charge on any atom is -0.427 e. The molecule has 0 unspecified atom stereocenters. The van der Waals surface area contributed by atoms with Gasteiger partial charge in [-0.05, 0) is 66.5 Å². The van der Waals surface area contributed by atoms with E-state index in [9.17, 15) is 10.2 Å². The van der Waals surface area contributed by atoms with Gasteiger partial charge in [0, 0.05) is 5.41 Å². The van der Waals surface area contributed by atoms with E-state index in [4.69, 9.17) is 9.31 Å². The molecule has 0 atom stereocenters. The van der Waals surface area contributed by atoms with E-state index in [2.05, 4.69) is 38.1 Å². The van der Waals surface area contributed by atoms with E-state index < -0.39 is 22.4 Å². The second-order valence-corrected chi connectivity index (χ2v) is 11.5. The molecule has 33 heavy (non-hydrogen) atoms. The zero-order chi connectivity index (χ0) is 25.3. The predicted octanol–water partition coefficient (Wildman–Crippen LogP) is 3.63. The van der Waals surface area contributed by atoms with E-state index >= 15 is 0 Å². The molecule has 0 aliphatic heterocycles. The van der Waals surface area contributed by atoms with Gasteiger partial charge in [-0.2, -0.15) is 0 Å². The molecule has 6 heteroatoms. The van der Waals surface area contributed by atoms with Gasteiger partial charge in [0.2, 0.25) is 0 Å². The zero-order valence-electron chi connectivity index (χ0n) is 22.0. The van der Waals surface area contributed by atoms with Crippen molar-refractivity contribution < 1.29 is 19.5 Å². The third kappa shape index (κ3) is 6.73. The summed E-state index contributed by atoms with van der Waals surface area (Å²) in [6.45, 7) is 18.9. The molecule has 0 fully saturated rings. The summed E-state index contributed by atoms with van der Waals surface area (Å²) in [5.74, 6) is 0. The van der Waals surface area contributed by atoms with E-state index in [0.29, 0.717) is 0 Å². The van der Waals surface area contributed by atoms with Crippen LogP contribution in [0.25, 0.3) is 0 Å². The number of hydrogen-bond acceptors (Lipinski definition) is 4. The van der Waals surface area contributed by atoms with Crippen molar-refractivity contribution in [2.24, 2.45) is 0 Å². The Morgan fingerprint density at radius 2 is 0.788 bits per heavy atom. The van der Waals surface area contributed by atoms with E-state index in [0.717, 1.165) is 10.9 Å². The molecule has 0 amide bonds. The van der Waals surface area contributed by atoms with Crippen molar-refractivity contribution in [2.75, 3.05) is 0 Å². The van der Waals surface area contributed by atoms with Crippen LogP contribution < -0.4 is 10.9 Å². The SMILES string of the molecule is CC(C)(c1ccc([B]OC(C)(C)C(C)(C)O)cc1)c1ccc([B]OC(C)(C)C(C)(C)O)cc1. The van der Waals surface area contributed by atoms with Crippen molar-refractivity contribution in [3.63, 3.8) is 0 Å². The van der Waals surface area contributed by atoms with Crippen molar-refractivity contribution in [2.45, 2.75) is 97.1 Å². The van der Waals surface area contributed by atoms with Gasteiger partial charge in [-0.3, -0.25) is 0 Å². The van der Waals surface area contributed by atoms with Crippen LogP contribution >= 0.6 is 0 Å². The molecule has 178 valence electrons. The van der Waals surface area contributed by atoms with Crippen molar-refractivity contribution in [3.05, 3.63) is 59.7 Å². The van der Waals surface area contributed by atoms with Gasteiger partial charge < -0.3 is 19.5 Å². The molecular weight excluding hydrogens is 410 g/mol. The molecule has 0 aliphatic rings. The predicted molar refractivity (Wildman–Crippen MR) is 139 cm³/mol. The molecule has 0 saturated heterocycles. The van der Waals surface area contributed by atoms with Crippen molar-refractivity contribution >= 4 is 25.9 Å². The van der Waals surface area contributed by atoms with Crippen LogP contribution in [-0.2, 0) is 14.7 Å². The topological polar surface area (TPSA) is 58.9 Å². The van der Waals surface area contributed by atoms with Gasteiger partial charge in [0.1, 0.15) is 0 Å². The Morgan fingerprint density at radius 1 is 0.515 bits per heavy atom. The fourth-order valence-corrected chi connectivity index (χ4v) is 2.84. The van der Waals surface area contributed by atoms with Gasteiger partial charge in [0.25, 0.3) is 0 Å². The largest absolute Gasteiger partial charge is 0.427 e. The highest BCUT2D eigenvalue weighted by atomic mass is 16.5. The number of hydrogen-bond donors (Lipinski definition) is 2. The number of benzene rings is 2. The smallest absolute Gasteiger partial charge is 0.330 e. The molecule has 2 aromatic rings. The maximum Gasteiger partial charge on any atom is 0.330 e. The summed E-state index contributed by atoms with van der Waals surface area (Å²) in [5, 5.41) is 20.5. The molecule has 0 saturated carbocycles. The lowest BCUT2D eigenvalue weighted by Crippen LogP contribution is -2.49. The van der Waals surface area contributed by atoms with Gasteiger partial charge in [0.05, 0.1) is 22.4 Å². The Morgan fingerprint density at radius 3 is 1.03 bits per heavy atom. The van der Waals surface area contributed by atoms with Crippen LogP contribution in [-0.4, -0.2) is 47.6 Å². The molecule has 0 bridgehead atoms. The van der Waals surface area contributed by atoms with Crippen LogP contribution in [0.3, 0.4) is 0 Å². The second kappa shape index (κ2) is 9.58. The summed E-state index contributed by atoms with van der Waals surface area (Å²) in [4.78, 5) is 0. The van der Waals surface area contributed by atoms with Crippen molar-refractivity contribution in [1.29, 1.82) is 0 Å². The Kier molecular flexibility index (Phi) is 8.02. The first-order valence-electron chi connectivity index (χ1n) is 11.5. The number of rotatable bonds is 10. The molecule has 2 radical (unpaired) electrons. The van der Waals surface area contributed by atoms with Crippen LogP contribution in [0.5, 0.6) is 0 Å². The summed E-state index contributed by atoms with van der Waals surface area (Å²) in [7, 11) is 3.41. The summed E-state index contributed by atoms with van der Waals surface area (Å²) in [6, 6.07) is 16.6. The first-order chi connectivity index (χ1) is 14.9. The van der Waals surface area contributed by atoms with Crippen LogP contribution in [0.1, 0.15) is 80.4 Å². The van der Waals surface area contributed by atoms with Gasteiger partial charge >= 0.3 is 15.0 Å². The second-order valence-electron chi connectivity index (χ2n) is 11.5. The average Bonchev–Trinajstić information content (AvgIpc) is 2.70. The Labute approximate surface area is 202 Å². The number of aliphatic hydroxyl groups is 2. The quantitative estimate of drug-likeness (QED) is 0.543. The van der Waals surface area contributed by atoms with Crippen LogP contribution in [0.15, 0.2) is 48.5 Å². The Bertz CT molecular complexity index is 828. The normalized spacial score (nSPS) is 13.7. The zero-order valence-corrected chi connectivity index (χ0v) is 22.0. The summed E-state index contributed by atoms with van der Waals surface area (Å²) >= 11 is 0. The molecule has 2 aromatic carbocycles. The maximum absolute atomic E-state index is 10.3. The minimum atomic E-state index is -0.954. The average molecular weight is 450 g/mol. The van der Waals surface area contributed by atoms with Crippen LogP contribution in [0, 0.1) is 0 Å². The summed E-state index contributed by atoms with van der Waals surface area (Å²) in [6.07, 6.45) is 0. The Hall–Kier alpha value is -1.59. The highest BCUT2D eigenvalue weighted by Crippen LogP contribution is 2.31. The van der Waals surface area contributed by atoms with Crippen LogP contribution in [0.2, 0.25) is 0 Å². The van der Waals surface area contributed by atoms with Gasteiger partial charge in [-0.15, -0.1) is 0 Å². The van der Waals surface area contributed by atoms with E-state index in [1.807, 2.05) is 52.0 Å². The summed E-state index contributed by atoms with van der Waals surface area (Å²) in [5.41, 5.74) is 0.790. The van der Waals surface area contributed by atoms with E-state index in [1.54, 1.807) is 42.7 Å². The standard InChI is InChI=1S/C27H40B2O4/c1-23(2,19-11-15-21(16-12-19)28-32-26(7,8)24(3,4)30)20-13-17-22(18-14-20)29-33-27(9,10)25(5,6)31/h11-18,30-31H,1-10H3. The third-order valence-electron chi connectivity index (χ3n) is 7.19. The monoisotopic (exact) mass is 450 g/mol. The minimum absolute atomic E-state index is 0.183. The van der Waals surface area contributed by atoms with Crippen LogP contribution in [0.4, 0.5) is 0 Å².